The predicted octanol–water partition coefficient (Wildman–Crippen LogP) is 3.44. The molecule has 0 amide bonds. The van der Waals surface area contributed by atoms with Crippen LogP contribution in [0.5, 0.6) is 0 Å². The van der Waals surface area contributed by atoms with E-state index in [1.807, 2.05) is 0 Å². The molecule has 20 heavy (non-hydrogen) atoms. The maximum Gasteiger partial charge on any atom is 0.181 e. The van der Waals surface area contributed by atoms with Crippen molar-refractivity contribution in [3.05, 3.63) is 53.6 Å². The maximum atomic E-state index is 5.76. The summed E-state index contributed by atoms with van der Waals surface area (Å²) in [5.41, 5.74) is 10.9. The Kier molecular flexibility index (Phi) is 2.63. The summed E-state index contributed by atoms with van der Waals surface area (Å²) in [5, 5.41) is 0.642. The molecule has 100 valence electrons. The summed E-state index contributed by atoms with van der Waals surface area (Å²) >= 11 is 1.56. The molecular weight excluding hydrogens is 266 g/mol. The van der Waals surface area contributed by atoms with Gasteiger partial charge in [-0.2, -0.15) is 0 Å². The van der Waals surface area contributed by atoms with Crippen LogP contribution >= 0.6 is 11.3 Å². The van der Waals surface area contributed by atoms with Gasteiger partial charge in [0, 0.05) is 18.8 Å². The van der Waals surface area contributed by atoms with Crippen LogP contribution in [0.25, 0.3) is 10.2 Å². The van der Waals surface area contributed by atoms with Gasteiger partial charge >= 0.3 is 0 Å². The van der Waals surface area contributed by atoms with Crippen LogP contribution in [0, 0.1) is 0 Å². The number of thiazole rings is 1. The SMILES string of the molecule is Nc1nc2ccc(CN3CCc4ccccc43)cc2s1. The van der Waals surface area contributed by atoms with Gasteiger partial charge in [0.2, 0.25) is 0 Å². The molecule has 1 aliphatic heterocycles. The van der Waals surface area contributed by atoms with E-state index < -0.39 is 0 Å². The third-order valence-corrected chi connectivity index (χ3v) is 4.67. The second-order valence-electron chi connectivity index (χ2n) is 5.15. The fourth-order valence-electron chi connectivity index (χ4n) is 2.88. The van der Waals surface area contributed by atoms with E-state index in [0.29, 0.717) is 5.13 Å². The second kappa shape index (κ2) is 4.49. The highest BCUT2D eigenvalue weighted by molar-refractivity contribution is 7.22. The number of anilines is 2. The van der Waals surface area contributed by atoms with Gasteiger partial charge in [-0.1, -0.05) is 35.6 Å². The van der Waals surface area contributed by atoms with E-state index in [9.17, 15) is 0 Å². The summed E-state index contributed by atoms with van der Waals surface area (Å²) in [4.78, 5) is 6.75. The lowest BCUT2D eigenvalue weighted by atomic mass is 10.1. The minimum Gasteiger partial charge on any atom is -0.375 e. The number of hydrogen-bond donors (Lipinski definition) is 1. The molecule has 2 heterocycles. The summed E-state index contributed by atoms with van der Waals surface area (Å²) in [6.07, 6.45) is 1.14. The number of para-hydroxylation sites is 1. The zero-order valence-electron chi connectivity index (χ0n) is 11.0. The number of nitrogens with zero attached hydrogens (tertiary/aromatic N) is 2. The molecule has 0 saturated carbocycles. The highest BCUT2D eigenvalue weighted by Gasteiger charge is 2.18. The normalized spacial score (nSPS) is 13.9. The second-order valence-corrected chi connectivity index (χ2v) is 6.22. The molecule has 4 rings (SSSR count). The Hall–Kier alpha value is -2.07. The Balaban J connectivity index is 1.65. The summed E-state index contributed by atoms with van der Waals surface area (Å²) in [6.45, 7) is 2.05. The zero-order chi connectivity index (χ0) is 13.5. The number of rotatable bonds is 2. The van der Waals surface area contributed by atoms with Gasteiger partial charge < -0.3 is 10.6 Å². The van der Waals surface area contributed by atoms with E-state index >= 15 is 0 Å². The van der Waals surface area contributed by atoms with Crippen molar-refractivity contribution in [2.45, 2.75) is 13.0 Å². The first-order valence-electron chi connectivity index (χ1n) is 6.77. The number of hydrogen-bond acceptors (Lipinski definition) is 4. The topological polar surface area (TPSA) is 42.1 Å². The van der Waals surface area contributed by atoms with Crippen molar-refractivity contribution in [1.29, 1.82) is 0 Å². The van der Waals surface area contributed by atoms with Crippen LogP contribution in [0.2, 0.25) is 0 Å². The monoisotopic (exact) mass is 281 g/mol. The van der Waals surface area contributed by atoms with Crippen molar-refractivity contribution in [3.63, 3.8) is 0 Å². The van der Waals surface area contributed by atoms with Crippen LogP contribution in [0.15, 0.2) is 42.5 Å². The van der Waals surface area contributed by atoms with Crippen molar-refractivity contribution in [2.24, 2.45) is 0 Å². The van der Waals surface area contributed by atoms with Crippen LogP contribution in [0.3, 0.4) is 0 Å². The molecule has 2 N–H and O–H groups in total. The van der Waals surface area contributed by atoms with Gasteiger partial charge in [0.1, 0.15) is 0 Å². The minimum absolute atomic E-state index is 0.642. The van der Waals surface area contributed by atoms with Crippen molar-refractivity contribution in [2.75, 3.05) is 17.2 Å². The number of nitrogens with two attached hydrogens (primary N) is 1. The molecule has 0 radical (unpaired) electrons. The van der Waals surface area contributed by atoms with Gasteiger partial charge in [0.15, 0.2) is 5.13 Å². The van der Waals surface area contributed by atoms with Gasteiger partial charge in [0.05, 0.1) is 10.2 Å². The van der Waals surface area contributed by atoms with Crippen LogP contribution in [0.4, 0.5) is 10.8 Å². The molecule has 3 nitrogen and oxygen atoms in total. The Bertz CT molecular complexity index is 778. The lowest BCUT2D eigenvalue weighted by molar-refractivity contribution is 0.837. The number of aromatic nitrogens is 1. The standard InChI is InChI=1S/C16H15N3S/c17-16-18-13-6-5-11(9-15(13)20-16)10-19-8-7-12-3-1-2-4-14(12)19/h1-6,9H,7-8,10H2,(H2,17,18). The molecule has 0 atom stereocenters. The summed E-state index contributed by atoms with van der Waals surface area (Å²) in [5.74, 6) is 0. The first kappa shape index (κ1) is 11.7. The van der Waals surface area contributed by atoms with Gasteiger partial charge in [0.25, 0.3) is 0 Å². The predicted molar refractivity (Wildman–Crippen MR) is 85.2 cm³/mol. The molecule has 2 aromatic carbocycles. The molecule has 0 spiro atoms. The van der Waals surface area contributed by atoms with E-state index in [1.54, 1.807) is 11.3 Å². The highest BCUT2D eigenvalue weighted by Crippen LogP contribution is 2.30. The average Bonchev–Trinajstić information content (AvgIpc) is 3.02. The fraction of sp³-hybridized carbons (Fsp3) is 0.188. The first-order valence-corrected chi connectivity index (χ1v) is 7.59. The van der Waals surface area contributed by atoms with Gasteiger partial charge in [-0.15, -0.1) is 0 Å². The molecule has 1 aromatic heterocycles. The lowest BCUT2D eigenvalue weighted by Crippen LogP contribution is -2.19. The molecule has 0 unspecified atom stereocenters. The van der Waals surface area contributed by atoms with Crippen LogP contribution in [-0.2, 0) is 13.0 Å². The molecule has 1 aliphatic rings. The zero-order valence-corrected chi connectivity index (χ0v) is 11.9. The quantitative estimate of drug-likeness (QED) is 0.782. The van der Waals surface area contributed by atoms with Crippen molar-refractivity contribution in [3.8, 4) is 0 Å². The molecule has 0 fully saturated rings. The number of nitrogen functional groups attached to an aromatic ring is 1. The molecule has 0 aliphatic carbocycles. The van der Waals surface area contributed by atoms with E-state index in [-0.39, 0.29) is 0 Å². The average molecular weight is 281 g/mol. The van der Waals surface area contributed by atoms with Crippen LogP contribution in [-0.4, -0.2) is 11.5 Å². The summed E-state index contributed by atoms with van der Waals surface area (Å²) in [6, 6.07) is 15.1. The highest BCUT2D eigenvalue weighted by atomic mass is 32.1. The van der Waals surface area contributed by atoms with Gasteiger partial charge in [-0.25, -0.2) is 4.98 Å². The molecule has 0 bridgehead atoms. The summed E-state index contributed by atoms with van der Waals surface area (Å²) in [7, 11) is 0. The number of benzene rings is 2. The molecule has 4 heteroatoms. The summed E-state index contributed by atoms with van der Waals surface area (Å²) < 4.78 is 1.17. The van der Waals surface area contributed by atoms with Gasteiger partial charge in [-0.05, 0) is 35.7 Å². The maximum absolute atomic E-state index is 5.76. The van der Waals surface area contributed by atoms with Crippen molar-refractivity contribution >= 4 is 32.4 Å². The number of fused-ring (bicyclic) bond motifs is 2. The van der Waals surface area contributed by atoms with Crippen molar-refractivity contribution in [1.82, 2.24) is 4.98 Å². The van der Waals surface area contributed by atoms with E-state index in [0.717, 1.165) is 25.0 Å². The van der Waals surface area contributed by atoms with Crippen LogP contribution < -0.4 is 10.6 Å². The van der Waals surface area contributed by atoms with E-state index in [4.69, 9.17) is 5.73 Å². The minimum atomic E-state index is 0.642. The van der Waals surface area contributed by atoms with E-state index in [2.05, 4.69) is 52.3 Å². The lowest BCUT2D eigenvalue weighted by Gasteiger charge is -2.19. The molecule has 3 aromatic rings. The fourth-order valence-corrected chi connectivity index (χ4v) is 3.67. The Morgan fingerprint density at radius 2 is 2.10 bits per heavy atom. The van der Waals surface area contributed by atoms with Crippen LogP contribution in [0.1, 0.15) is 11.1 Å². The Morgan fingerprint density at radius 3 is 3.05 bits per heavy atom. The van der Waals surface area contributed by atoms with E-state index in [1.165, 1.54) is 21.5 Å². The van der Waals surface area contributed by atoms with Crippen molar-refractivity contribution < 1.29 is 0 Å². The smallest absolute Gasteiger partial charge is 0.181 e. The van der Waals surface area contributed by atoms with Gasteiger partial charge in [-0.3, -0.25) is 0 Å². The first-order chi connectivity index (χ1) is 9.79. The third kappa shape index (κ3) is 1.93. The molecule has 0 saturated heterocycles. The molecular formula is C16H15N3S. The third-order valence-electron chi connectivity index (χ3n) is 3.83. The Morgan fingerprint density at radius 1 is 1.20 bits per heavy atom. The largest absolute Gasteiger partial charge is 0.375 e. The Labute approximate surface area is 121 Å².